The molecule has 2 aliphatic rings. The van der Waals surface area contributed by atoms with E-state index in [0.29, 0.717) is 23.2 Å². The molecule has 1 N–H and O–H groups in total. The van der Waals surface area contributed by atoms with Crippen molar-refractivity contribution in [2.45, 2.75) is 31.4 Å². The first-order valence-corrected chi connectivity index (χ1v) is 7.33. The number of benzene rings is 1. The topological polar surface area (TPSA) is 64.4 Å². The highest BCUT2D eigenvalue weighted by Crippen LogP contribution is 2.41. The van der Waals surface area contributed by atoms with Crippen molar-refractivity contribution < 1.29 is 9.66 Å². The smallest absolute Gasteiger partial charge is 0.293 e. The first kappa shape index (κ1) is 13.9. The Labute approximate surface area is 126 Å². The molecule has 1 aliphatic heterocycles. The summed E-state index contributed by atoms with van der Waals surface area (Å²) in [5.74, 6) is 0.580. The van der Waals surface area contributed by atoms with E-state index in [0.717, 1.165) is 6.42 Å². The van der Waals surface area contributed by atoms with Gasteiger partial charge in [0.15, 0.2) is 0 Å². The Balaban J connectivity index is 1.85. The van der Waals surface area contributed by atoms with Gasteiger partial charge in [-0.15, -0.1) is 0 Å². The van der Waals surface area contributed by atoms with Gasteiger partial charge >= 0.3 is 0 Å². The molecule has 1 aromatic rings. The third kappa shape index (κ3) is 2.71. The molecule has 108 valence electrons. The summed E-state index contributed by atoms with van der Waals surface area (Å²) in [6.45, 7) is 0.688. The van der Waals surface area contributed by atoms with Crippen molar-refractivity contribution in [1.29, 1.82) is 0 Å². The summed E-state index contributed by atoms with van der Waals surface area (Å²) in [6, 6.07) is 2.90. The van der Waals surface area contributed by atoms with Gasteiger partial charge in [-0.3, -0.25) is 10.1 Å². The molecule has 0 bridgehead atoms. The van der Waals surface area contributed by atoms with Gasteiger partial charge in [-0.05, 0) is 31.2 Å². The van der Waals surface area contributed by atoms with Gasteiger partial charge < -0.3 is 10.1 Å². The second kappa shape index (κ2) is 5.39. The highest BCUT2D eigenvalue weighted by molar-refractivity contribution is 6.42. The van der Waals surface area contributed by atoms with E-state index in [1.54, 1.807) is 0 Å². The Morgan fingerprint density at radius 2 is 1.95 bits per heavy atom. The van der Waals surface area contributed by atoms with Crippen LogP contribution in [-0.4, -0.2) is 23.7 Å². The average Bonchev–Trinajstić information content (AvgIpc) is 3.14. The Kier molecular flexibility index (Phi) is 3.75. The number of nitrogens with one attached hydrogen (secondary N) is 1. The molecule has 1 saturated heterocycles. The SMILES string of the molecule is O=[N+]([O-])c1cc(Cl)c(Cl)cc1NC1CCOC1C1CC1. The number of rotatable bonds is 4. The van der Waals surface area contributed by atoms with Gasteiger partial charge in [0.2, 0.25) is 0 Å². The standard InChI is InChI=1S/C13H14Cl2N2O3/c14-8-5-11(12(17(18)19)6-9(8)15)16-10-3-4-20-13(10)7-1-2-7/h5-7,10,13,16H,1-4H2. The Morgan fingerprint density at radius 3 is 2.60 bits per heavy atom. The number of nitrogens with zero attached hydrogens (tertiary/aromatic N) is 1. The first-order chi connectivity index (χ1) is 9.56. The fourth-order valence-corrected chi connectivity index (χ4v) is 2.98. The minimum absolute atomic E-state index is 0.0548. The molecular formula is C13H14Cl2N2O3. The maximum absolute atomic E-state index is 11.1. The zero-order valence-electron chi connectivity index (χ0n) is 10.6. The fraction of sp³-hybridized carbons (Fsp3) is 0.538. The van der Waals surface area contributed by atoms with Crippen LogP contribution in [0, 0.1) is 16.0 Å². The largest absolute Gasteiger partial charge is 0.376 e. The van der Waals surface area contributed by atoms with Gasteiger partial charge in [-0.1, -0.05) is 23.2 Å². The lowest BCUT2D eigenvalue weighted by Gasteiger charge is -2.20. The van der Waals surface area contributed by atoms with Gasteiger partial charge in [0, 0.05) is 12.7 Å². The van der Waals surface area contributed by atoms with E-state index >= 15 is 0 Å². The van der Waals surface area contributed by atoms with Crippen molar-refractivity contribution in [3.63, 3.8) is 0 Å². The van der Waals surface area contributed by atoms with E-state index in [4.69, 9.17) is 27.9 Å². The average molecular weight is 317 g/mol. The maximum atomic E-state index is 11.1. The lowest BCUT2D eigenvalue weighted by Crippen LogP contribution is -2.31. The molecule has 2 fully saturated rings. The molecular weight excluding hydrogens is 303 g/mol. The molecule has 1 aliphatic carbocycles. The van der Waals surface area contributed by atoms with Gasteiger partial charge in [-0.25, -0.2) is 0 Å². The van der Waals surface area contributed by atoms with Crippen molar-refractivity contribution in [2.75, 3.05) is 11.9 Å². The van der Waals surface area contributed by atoms with Crippen LogP contribution >= 0.6 is 23.2 Å². The first-order valence-electron chi connectivity index (χ1n) is 6.58. The Hall–Kier alpha value is -1.04. The van der Waals surface area contributed by atoms with Crippen LogP contribution in [0.1, 0.15) is 19.3 Å². The summed E-state index contributed by atoms with van der Waals surface area (Å²) in [5, 5.41) is 14.8. The summed E-state index contributed by atoms with van der Waals surface area (Å²) >= 11 is 11.8. The van der Waals surface area contributed by atoms with E-state index in [1.165, 1.54) is 25.0 Å². The van der Waals surface area contributed by atoms with Crippen LogP contribution in [0.3, 0.4) is 0 Å². The quantitative estimate of drug-likeness (QED) is 0.676. The summed E-state index contributed by atoms with van der Waals surface area (Å²) in [5.41, 5.74) is 0.353. The minimum atomic E-state index is -0.452. The van der Waals surface area contributed by atoms with Crippen molar-refractivity contribution in [1.82, 2.24) is 0 Å². The number of nitro groups is 1. The fourth-order valence-electron chi connectivity index (χ4n) is 2.66. The van der Waals surface area contributed by atoms with Crippen molar-refractivity contribution in [3.8, 4) is 0 Å². The molecule has 7 heteroatoms. The summed E-state index contributed by atoms with van der Waals surface area (Å²) in [7, 11) is 0. The van der Waals surface area contributed by atoms with Crippen LogP contribution in [0.5, 0.6) is 0 Å². The monoisotopic (exact) mass is 316 g/mol. The third-order valence-corrected chi connectivity index (χ3v) is 4.52. The lowest BCUT2D eigenvalue weighted by atomic mass is 10.1. The molecule has 1 heterocycles. The van der Waals surface area contributed by atoms with Crippen LogP contribution in [-0.2, 0) is 4.74 Å². The van der Waals surface area contributed by atoms with E-state index in [-0.39, 0.29) is 22.9 Å². The molecule has 3 rings (SSSR count). The predicted octanol–water partition coefficient (Wildman–Crippen LogP) is 3.88. The van der Waals surface area contributed by atoms with Crippen molar-refractivity contribution in [3.05, 3.63) is 32.3 Å². The Bertz CT molecular complexity index is 549. The van der Waals surface area contributed by atoms with Crippen molar-refractivity contribution >= 4 is 34.6 Å². The van der Waals surface area contributed by atoms with E-state index in [9.17, 15) is 10.1 Å². The molecule has 5 nitrogen and oxygen atoms in total. The van der Waals surface area contributed by atoms with Crippen LogP contribution in [0.15, 0.2) is 12.1 Å². The third-order valence-electron chi connectivity index (χ3n) is 3.80. The molecule has 20 heavy (non-hydrogen) atoms. The minimum Gasteiger partial charge on any atom is -0.376 e. The lowest BCUT2D eigenvalue weighted by molar-refractivity contribution is -0.384. The van der Waals surface area contributed by atoms with Crippen LogP contribution < -0.4 is 5.32 Å². The molecule has 2 unspecified atom stereocenters. The van der Waals surface area contributed by atoms with Crippen LogP contribution in [0.2, 0.25) is 10.0 Å². The van der Waals surface area contributed by atoms with Gasteiger partial charge in [0.05, 0.1) is 27.1 Å². The van der Waals surface area contributed by atoms with Crippen molar-refractivity contribution in [2.24, 2.45) is 5.92 Å². The molecule has 1 aromatic carbocycles. The molecule has 0 amide bonds. The number of ether oxygens (including phenoxy) is 1. The molecule has 0 aromatic heterocycles. The highest BCUT2D eigenvalue weighted by atomic mass is 35.5. The zero-order valence-corrected chi connectivity index (χ0v) is 12.2. The predicted molar refractivity (Wildman–Crippen MR) is 77.6 cm³/mol. The second-order valence-electron chi connectivity index (χ2n) is 5.25. The van der Waals surface area contributed by atoms with E-state index in [2.05, 4.69) is 5.32 Å². The number of hydrogen-bond donors (Lipinski definition) is 1. The number of anilines is 1. The van der Waals surface area contributed by atoms with E-state index < -0.39 is 4.92 Å². The van der Waals surface area contributed by atoms with E-state index in [1.807, 2.05) is 0 Å². The summed E-state index contributed by atoms with van der Waals surface area (Å²) in [6.07, 6.45) is 3.33. The summed E-state index contributed by atoms with van der Waals surface area (Å²) in [4.78, 5) is 10.7. The summed E-state index contributed by atoms with van der Waals surface area (Å²) < 4.78 is 5.72. The number of hydrogen-bond acceptors (Lipinski definition) is 4. The Morgan fingerprint density at radius 1 is 1.25 bits per heavy atom. The van der Waals surface area contributed by atoms with Crippen LogP contribution in [0.25, 0.3) is 0 Å². The van der Waals surface area contributed by atoms with Crippen LogP contribution in [0.4, 0.5) is 11.4 Å². The number of halogens is 2. The van der Waals surface area contributed by atoms with Gasteiger partial charge in [-0.2, -0.15) is 0 Å². The number of nitro benzene ring substituents is 1. The highest BCUT2D eigenvalue weighted by Gasteiger charge is 2.41. The molecule has 2 atom stereocenters. The molecule has 0 radical (unpaired) electrons. The maximum Gasteiger partial charge on any atom is 0.293 e. The second-order valence-corrected chi connectivity index (χ2v) is 6.07. The van der Waals surface area contributed by atoms with Gasteiger partial charge in [0.25, 0.3) is 5.69 Å². The zero-order chi connectivity index (χ0) is 14.3. The van der Waals surface area contributed by atoms with Gasteiger partial charge in [0.1, 0.15) is 5.69 Å². The molecule has 1 saturated carbocycles. The molecule has 0 spiro atoms. The normalized spacial score (nSPS) is 25.7.